The Morgan fingerprint density at radius 1 is 0.931 bits per heavy atom. The average molecular weight is 419 g/mol. The highest BCUT2D eigenvalue weighted by molar-refractivity contribution is 6.30. The molecule has 4 rings (SSSR count). The monoisotopic (exact) mass is 418 g/mol. The molecule has 1 aliphatic rings. The Kier molecular flexibility index (Phi) is 5.04. The van der Waals surface area contributed by atoms with Gasteiger partial charge in [0.25, 0.3) is 0 Å². The topological polar surface area (TPSA) is 15.6 Å². The van der Waals surface area contributed by atoms with Gasteiger partial charge >= 0.3 is 6.18 Å². The van der Waals surface area contributed by atoms with Crippen molar-refractivity contribution < 1.29 is 17.6 Å². The van der Waals surface area contributed by atoms with Gasteiger partial charge < -0.3 is 0 Å². The maximum atomic E-state index is 13.4. The van der Waals surface area contributed by atoms with Crippen LogP contribution in [0.15, 0.2) is 77.9 Å². The standard InChI is InChI=1S/C22H15ClF4N2/c23-17-8-4-14(5-9-17)20-13-21(15-6-10-18(24)11-7-15)29(28-20)19-3-1-2-16(12-19)22(25,26)27/h1-12,21H,13H2. The van der Waals surface area contributed by atoms with Gasteiger partial charge in [-0.15, -0.1) is 0 Å². The van der Waals surface area contributed by atoms with Gasteiger partial charge in [0.2, 0.25) is 0 Å². The van der Waals surface area contributed by atoms with E-state index in [0.717, 1.165) is 23.3 Å². The fraction of sp³-hybridized carbons (Fsp3) is 0.136. The first-order chi connectivity index (χ1) is 13.8. The van der Waals surface area contributed by atoms with Crippen molar-refractivity contribution in [1.82, 2.24) is 0 Å². The summed E-state index contributed by atoms with van der Waals surface area (Å²) in [6.45, 7) is 0. The van der Waals surface area contributed by atoms with Crippen LogP contribution in [0.4, 0.5) is 23.2 Å². The van der Waals surface area contributed by atoms with Crippen molar-refractivity contribution in [2.24, 2.45) is 5.10 Å². The van der Waals surface area contributed by atoms with Crippen molar-refractivity contribution in [1.29, 1.82) is 0 Å². The highest BCUT2D eigenvalue weighted by Gasteiger charge is 2.34. The highest BCUT2D eigenvalue weighted by atomic mass is 35.5. The molecule has 3 aromatic rings. The van der Waals surface area contributed by atoms with Gasteiger partial charge in [-0.2, -0.15) is 18.3 Å². The molecule has 0 fully saturated rings. The van der Waals surface area contributed by atoms with Crippen molar-refractivity contribution in [3.05, 3.63) is 100 Å². The molecule has 2 nitrogen and oxygen atoms in total. The lowest BCUT2D eigenvalue weighted by Gasteiger charge is -2.24. The Bertz CT molecular complexity index is 1040. The predicted molar refractivity (Wildman–Crippen MR) is 106 cm³/mol. The first-order valence-corrected chi connectivity index (χ1v) is 9.24. The minimum absolute atomic E-state index is 0.318. The largest absolute Gasteiger partial charge is 0.416 e. The molecule has 7 heteroatoms. The number of hydrazone groups is 1. The summed E-state index contributed by atoms with van der Waals surface area (Å²) in [4.78, 5) is 0. The summed E-state index contributed by atoms with van der Waals surface area (Å²) in [5.41, 5.74) is 1.88. The van der Waals surface area contributed by atoms with Crippen LogP contribution >= 0.6 is 11.6 Å². The number of nitrogens with zero attached hydrogens (tertiary/aromatic N) is 2. The molecule has 0 aliphatic carbocycles. The number of alkyl halides is 3. The number of hydrogen-bond acceptors (Lipinski definition) is 2. The lowest BCUT2D eigenvalue weighted by molar-refractivity contribution is -0.137. The quantitative estimate of drug-likeness (QED) is 0.424. The molecule has 29 heavy (non-hydrogen) atoms. The van der Waals surface area contributed by atoms with E-state index in [9.17, 15) is 17.6 Å². The van der Waals surface area contributed by atoms with E-state index in [2.05, 4.69) is 5.10 Å². The molecule has 1 unspecified atom stereocenters. The SMILES string of the molecule is Fc1ccc(C2CC(c3ccc(Cl)cc3)=NN2c2cccc(C(F)(F)F)c2)cc1. The van der Waals surface area contributed by atoms with Gasteiger partial charge in [-0.1, -0.05) is 41.9 Å². The van der Waals surface area contributed by atoms with E-state index >= 15 is 0 Å². The number of benzene rings is 3. The molecule has 0 aromatic heterocycles. The lowest BCUT2D eigenvalue weighted by atomic mass is 9.98. The van der Waals surface area contributed by atoms with Crippen molar-refractivity contribution in [3.63, 3.8) is 0 Å². The Hall–Kier alpha value is -2.86. The van der Waals surface area contributed by atoms with E-state index in [0.29, 0.717) is 22.8 Å². The molecule has 0 saturated heterocycles. The van der Waals surface area contributed by atoms with Crippen LogP contribution in [0, 0.1) is 5.82 Å². The number of hydrogen-bond donors (Lipinski definition) is 0. The highest BCUT2D eigenvalue weighted by Crippen LogP contribution is 2.39. The average Bonchev–Trinajstić information content (AvgIpc) is 3.14. The fourth-order valence-electron chi connectivity index (χ4n) is 3.33. The summed E-state index contributed by atoms with van der Waals surface area (Å²) in [6, 6.07) is 17.7. The zero-order valence-electron chi connectivity index (χ0n) is 15.0. The molecule has 0 saturated carbocycles. The first kappa shape index (κ1) is 19.5. The zero-order valence-corrected chi connectivity index (χ0v) is 15.8. The normalized spacial score (nSPS) is 16.8. The second-order valence-electron chi connectivity index (χ2n) is 6.72. The molecule has 0 N–H and O–H groups in total. The maximum Gasteiger partial charge on any atom is 0.416 e. The molecule has 0 amide bonds. The molecule has 1 heterocycles. The number of anilines is 1. The third kappa shape index (κ3) is 4.12. The molecule has 3 aromatic carbocycles. The van der Waals surface area contributed by atoms with Crippen molar-refractivity contribution in [3.8, 4) is 0 Å². The molecule has 1 atom stereocenters. The van der Waals surface area contributed by atoms with Crippen LogP contribution in [-0.4, -0.2) is 5.71 Å². The molecule has 148 valence electrons. The van der Waals surface area contributed by atoms with E-state index in [1.807, 2.05) is 12.1 Å². The van der Waals surface area contributed by atoms with Crippen molar-refractivity contribution in [2.75, 3.05) is 5.01 Å². The Morgan fingerprint density at radius 2 is 1.62 bits per heavy atom. The van der Waals surface area contributed by atoms with Crippen LogP contribution in [0.25, 0.3) is 0 Å². The van der Waals surface area contributed by atoms with Crippen LogP contribution in [0.2, 0.25) is 5.02 Å². The van der Waals surface area contributed by atoms with Crippen molar-refractivity contribution in [2.45, 2.75) is 18.6 Å². The van der Waals surface area contributed by atoms with Crippen molar-refractivity contribution >= 4 is 23.0 Å². The van der Waals surface area contributed by atoms with Gasteiger partial charge in [-0.25, -0.2) is 4.39 Å². The van der Waals surface area contributed by atoms with E-state index < -0.39 is 11.7 Å². The van der Waals surface area contributed by atoms with Gasteiger partial charge in [0, 0.05) is 11.4 Å². The summed E-state index contributed by atoms with van der Waals surface area (Å²) in [7, 11) is 0. The van der Waals surface area contributed by atoms with E-state index in [1.54, 1.807) is 35.3 Å². The zero-order chi connectivity index (χ0) is 20.6. The second-order valence-corrected chi connectivity index (χ2v) is 7.15. The van der Waals surface area contributed by atoms with E-state index in [-0.39, 0.29) is 11.9 Å². The van der Waals surface area contributed by atoms with E-state index in [1.165, 1.54) is 18.2 Å². The number of rotatable bonds is 3. The van der Waals surface area contributed by atoms with Gasteiger partial charge in [0.15, 0.2) is 0 Å². The minimum Gasteiger partial charge on any atom is -0.257 e. The summed E-state index contributed by atoms with van der Waals surface area (Å²) < 4.78 is 52.9. The van der Waals surface area contributed by atoms with Gasteiger partial charge in [-0.3, -0.25) is 5.01 Å². The summed E-state index contributed by atoms with van der Waals surface area (Å²) >= 11 is 5.95. The fourth-order valence-corrected chi connectivity index (χ4v) is 3.46. The second kappa shape index (κ2) is 7.52. The lowest BCUT2D eigenvalue weighted by Crippen LogP contribution is -2.19. The smallest absolute Gasteiger partial charge is 0.257 e. The summed E-state index contributed by atoms with van der Waals surface area (Å²) in [5.74, 6) is -0.379. The summed E-state index contributed by atoms with van der Waals surface area (Å²) in [5, 5.41) is 6.75. The molecule has 0 bridgehead atoms. The Balaban J connectivity index is 1.77. The minimum atomic E-state index is -4.45. The third-order valence-electron chi connectivity index (χ3n) is 4.78. The Morgan fingerprint density at radius 3 is 2.28 bits per heavy atom. The Labute approximate surface area is 170 Å². The van der Waals surface area contributed by atoms with Crippen LogP contribution in [-0.2, 0) is 6.18 Å². The van der Waals surface area contributed by atoms with Gasteiger partial charge in [0.05, 0.1) is 23.0 Å². The molecular formula is C22H15ClF4N2. The van der Waals surface area contributed by atoms with Crippen LogP contribution < -0.4 is 5.01 Å². The van der Waals surface area contributed by atoms with Crippen LogP contribution in [0.3, 0.4) is 0 Å². The third-order valence-corrected chi connectivity index (χ3v) is 5.03. The molecule has 1 aliphatic heterocycles. The molecule has 0 spiro atoms. The summed E-state index contributed by atoms with van der Waals surface area (Å²) in [6.07, 6.45) is -3.99. The predicted octanol–water partition coefficient (Wildman–Crippen LogP) is 6.85. The van der Waals surface area contributed by atoms with Gasteiger partial charge in [-0.05, 0) is 53.6 Å². The van der Waals surface area contributed by atoms with E-state index in [4.69, 9.17) is 11.6 Å². The first-order valence-electron chi connectivity index (χ1n) is 8.86. The number of halogens is 5. The van der Waals surface area contributed by atoms with Crippen LogP contribution in [0.1, 0.15) is 29.2 Å². The van der Waals surface area contributed by atoms with Crippen LogP contribution in [0.5, 0.6) is 0 Å². The van der Waals surface area contributed by atoms with Gasteiger partial charge in [0.1, 0.15) is 5.82 Å². The maximum absolute atomic E-state index is 13.4. The molecular weight excluding hydrogens is 404 g/mol. The molecule has 0 radical (unpaired) electrons.